The molecule has 0 unspecified atom stereocenters. The van der Waals surface area contributed by atoms with Crippen LogP contribution in [-0.2, 0) is 16.1 Å². The molecule has 0 spiro atoms. The number of rotatable bonds is 9. The number of benzene rings is 1. The predicted molar refractivity (Wildman–Crippen MR) is 76.1 cm³/mol. The summed E-state index contributed by atoms with van der Waals surface area (Å²) < 4.78 is 5.16. The topological polar surface area (TPSA) is 93.4 Å². The van der Waals surface area contributed by atoms with E-state index in [1.807, 2.05) is 19.1 Å². The molecule has 2 amide bonds. The predicted octanol–water partition coefficient (Wildman–Crippen LogP) is 0.167. The van der Waals surface area contributed by atoms with Crippen LogP contribution < -0.4 is 21.1 Å². The molecule has 20 heavy (non-hydrogen) atoms. The SMILES string of the molecule is CCNC(=O)CCNCc1ccc(OCC(N)=O)cc1. The van der Waals surface area contributed by atoms with Crippen molar-refractivity contribution >= 4 is 11.8 Å². The number of amides is 2. The first kappa shape index (κ1) is 16.0. The smallest absolute Gasteiger partial charge is 0.255 e. The Morgan fingerprint density at radius 2 is 1.95 bits per heavy atom. The van der Waals surface area contributed by atoms with Crippen LogP contribution in [0.5, 0.6) is 5.75 Å². The van der Waals surface area contributed by atoms with Crippen LogP contribution in [0.15, 0.2) is 24.3 Å². The van der Waals surface area contributed by atoms with Crippen molar-refractivity contribution in [2.24, 2.45) is 5.73 Å². The van der Waals surface area contributed by atoms with E-state index in [1.54, 1.807) is 12.1 Å². The van der Waals surface area contributed by atoms with E-state index in [9.17, 15) is 9.59 Å². The molecule has 110 valence electrons. The Labute approximate surface area is 118 Å². The van der Waals surface area contributed by atoms with Gasteiger partial charge in [-0.1, -0.05) is 12.1 Å². The van der Waals surface area contributed by atoms with E-state index in [4.69, 9.17) is 10.5 Å². The second kappa shape index (κ2) is 8.92. The third-order valence-corrected chi connectivity index (χ3v) is 2.54. The maximum absolute atomic E-state index is 11.2. The molecular formula is C14H21N3O3. The number of nitrogens with two attached hydrogens (primary N) is 1. The summed E-state index contributed by atoms with van der Waals surface area (Å²) >= 11 is 0. The fraction of sp³-hybridized carbons (Fsp3) is 0.429. The highest BCUT2D eigenvalue weighted by Gasteiger charge is 2.00. The number of nitrogens with one attached hydrogen (secondary N) is 2. The first-order valence-electron chi connectivity index (χ1n) is 6.59. The van der Waals surface area contributed by atoms with E-state index < -0.39 is 5.91 Å². The average molecular weight is 279 g/mol. The lowest BCUT2D eigenvalue weighted by atomic mass is 10.2. The maximum Gasteiger partial charge on any atom is 0.255 e. The molecule has 0 aliphatic carbocycles. The highest BCUT2D eigenvalue weighted by Crippen LogP contribution is 2.11. The number of carbonyl (C=O) groups is 2. The van der Waals surface area contributed by atoms with E-state index in [2.05, 4.69) is 10.6 Å². The van der Waals surface area contributed by atoms with Crippen LogP contribution in [0.4, 0.5) is 0 Å². The van der Waals surface area contributed by atoms with E-state index in [-0.39, 0.29) is 12.5 Å². The first-order valence-corrected chi connectivity index (χ1v) is 6.59. The van der Waals surface area contributed by atoms with Gasteiger partial charge in [-0.05, 0) is 24.6 Å². The van der Waals surface area contributed by atoms with Gasteiger partial charge in [-0.3, -0.25) is 9.59 Å². The third-order valence-electron chi connectivity index (χ3n) is 2.54. The Balaban J connectivity index is 2.24. The molecule has 1 aromatic rings. The van der Waals surface area contributed by atoms with Gasteiger partial charge >= 0.3 is 0 Å². The summed E-state index contributed by atoms with van der Waals surface area (Å²) in [6.45, 7) is 3.74. The van der Waals surface area contributed by atoms with Gasteiger partial charge in [-0.2, -0.15) is 0 Å². The average Bonchev–Trinajstić information content (AvgIpc) is 2.43. The van der Waals surface area contributed by atoms with Crippen LogP contribution in [-0.4, -0.2) is 31.5 Å². The van der Waals surface area contributed by atoms with Crippen molar-refractivity contribution in [3.05, 3.63) is 29.8 Å². The molecule has 4 N–H and O–H groups in total. The Bertz CT molecular complexity index is 432. The molecule has 0 atom stereocenters. The molecule has 0 aromatic heterocycles. The third kappa shape index (κ3) is 6.75. The molecule has 0 aliphatic heterocycles. The number of hydrogen-bond donors (Lipinski definition) is 3. The largest absolute Gasteiger partial charge is 0.484 e. The first-order chi connectivity index (χ1) is 9.61. The highest BCUT2D eigenvalue weighted by atomic mass is 16.5. The number of carbonyl (C=O) groups excluding carboxylic acids is 2. The number of primary amides is 1. The molecule has 0 heterocycles. The lowest BCUT2D eigenvalue weighted by Crippen LogP contribution is -2.27. The molecule has 0 radical (unpaired) electrons. The van der Waals surface area contributed by atoms with E-state index in [1.165, 1.54) is 0 Å². The van der Waals surface area contributed by atoms with Gasteiger partial charge in [0.1, 0.15) is 5.75 Å². The van der Waals surface area contributed by atoms with Gasteiger partial charge in [-0.15, -0.1) is 0 Å². The summed E-state index contributed by atoms with van der Waals surface area (Å²) in [6, 6.07) is 7.36. The molecular weight excluding hydrogens is 258 g/mol. The molecule has 6 heteroatoms. The molecule has 6 nitrogen and oxygen atoms in total. The summed E-state index contributed by atoms with van der Waals surface area (Å²) in [5.41, 5.74) is 6.07. The second-order valence-electron chi connectivity index (χ2n) is 4.28. The fourth-order valence-corrected chi connectivity index (χ4v) is 1.58. The van der Waals surface area contributed by atoms with Crippen LogP contribution in [0.1, 0.15) is 18.9 Å². The fourth-order valence-electron chi connectivity index (χ4n) is 1.58. The minimum atomic E-state index is -0.499. The van der Waals surface area contributed by atoms with Gasteiger partial charge < -0.3 is 21.1 Å². The van der Waals surface area contributed by atoms with Crippen molar-refractivity contribution in [1.82, 2.24) is 10.6 Å². The van der Waals surface area contributed by atoms with Gasteiger partial charge in [0, 0.05) is 26.1 Å². The Kier molecular flexibility index (Phi) is 7.13. The Morgan fingerprint density at radius 1 is 1.25 bits per heavy atom. The lowest BCUT2D eigenvalue weighted by Gasteiger charge is -2.07. The van der Waals surface area contributed by atoms with Gasteiger partial charge in [0.05, 0.1) is 0 Å². The second-order valence-corrected chi connectivity index (χ2v) is 4.28. The summed E-state index contributed by atoms with van der Waals surface area (Å²) in [5, 5.41) is 5.93. The zero-order valence-electron chi connectivity index (χ0n) is 11.6. The van der Waals surface area contributed by atoms with Crippen molar-refractivity contribution in [3.63, 3.8) is 0 Å². The van der Waals surface area contributed by atoms with Crippen molar-refractivity contribution in [1.29, 1.82) is 0 Å². The summed E-state index contributed by atoms with van der Waals surface area (Å²) in [7, 11) is 0. The Hall–Kier alpha value is -2.08. The van der Waals surface area contributed by atoms with E-state index >= 15 is 0 Å². The number of ether oxygens (including phenoxy) is 1. The van der Waals surface area contributed by atoms with E-state index in [0.29, 0.717) is 31.8 Å². The minimum Gasteiger partial charge on any atom is -0.484 e. The molecule has 0 aliphatic rings. The summed E-state index contributed by atoms with van der Waals surface area (Å²) in [5.74, 6) is 0.158. The quantitative estimate of drug-likeness (QED) is 0.562. The normalized spacial score (nSPS) is 10.1. The summed E-state index contributed by atoms with van der Waals surface area (Å²) in [4.78, 5) is 21.8. The summed E-state index contributed by atoms with van der Waals surface area (Å²) in [6.07, 6.45) is 0.466. The monoisotopic (exact) mass is 279 g/mol. The standard InChI is InChI=1S/C14H21N3O3/c1-2-17-14(19)7-8-16-9-11-3-5-12(6-4-11)20-10-13(15)18/h3-6,16H,2,7-10H2,1H3,(H2,15,18)(H,17,19). The molecule has 0 fully saturated rings. The van der Waals surface area contributed by atoms with Gasteiger partial charge in [-0.25, -0.2) is 0 Å². The molecule has 0 bridgehead atoms. The highest BCUT2D eigenvalue weighted by molar-refractivity contribution is 5.76. The zero-order chi connectivity index (χ0) is 14.8. The number of hydrogen-bond acceptors (Lipinski definition) is 4. The Morgan fingerprint density at radius 3 is 2.55 bits per heavy atom. The molecule has 1 rings (SSSR count). The van der Waals surface area contributed by atoms with Crippen LogP contribution in [0, 0.1) is 0 Å². The van der Waals surface area contributed by atoms with Crippen LogP contribution in [0.25, 0.3) is 0 Å². The molecule has 0 saturated carbocycles. The van der Waals surface area contributed by atoms with Crippen LogP contribution in [0.3, 0.4) is 0 Å². The lowest BCUT2D eigenvalue weighted by molar-refractivity contribution is -0.121. The van der Waals surface area contributed by atoms with Gasteiger partial charge in [0.2, 0.25) is 5.91 Å². The van der Waals surface area contributed by atoms with Gasteiger partial charge in [0.25, 0.3) is 5.91 Å². The van der Waals surface area contributed by atoms with Crippen LogP contribution in [0.2, 0.25) is 0 Å². The van der Waals surface area contributed by atoms with Crippen molar-refractivity contribution in [3.8, 4) is 5.75 Å². The zero-order valence-corrected chi connectivity index (χ0v) is 11.6. The van der Waals surface area contributed by atoms with Crippen LogP contribution >= 0.6 is 0 Å². The van der Waals surface area contributed by atoms with Gasteiger partial charge in [0.15, 0.2) is 6.61 Å². The minimum absolute atomic E-state index is 0.0511. The van der Waals surface area contributed by atoms with Crippen molar-refractivity contribution < 1.29 is 14.3 Å². The van der Waals surface area contributed by atoms with Crippen molar-refractivity contribution in [2.45, 2.75) is 19.9 Å². The van der Waals surface area contributed by atoms with Crippen molar-refractivity contribution in [2.75, 3.05) is 19.7 Å². The van der Waals surface area contributed by atoms with E-state index in [0.717, 1.165) is 5.56 Å². The maximum atomic E-state index is 11.2. The molecule has 1 aromatic carbocycles. The molecule has 0 saturated heterocycles.